The molecule has 3 atom stereocenters. The van der Waals surface area contributed by atoms with Gasteiger partial charge in [0.25, 0.3) is 0 Å². The van der Waals surface area contributed by atoms with E-state index < -0.39 is 11.9 Å². The van der Waals surface area contributed by atoms with E-state index in [1.807, 2.05) is 36.3 Å². The molecule has 10 heteroatoms. The Kier molecular flexibility index (Phi) is 10.3. The van der Waals surface area contributed by atoms with Crippen molar-refractivity contribution < 1.29 is 28.9 Å². The van der Waals surface area contributed by atoms with E-state index in [2.05, 4.69) is 22.5 Å². The van der Waals surface area contributed by atoms with Gasteiger partial charge in [-0.25, -0.2) is 0 Å². The van der Waals surface area contributed by atoms with E-state index in [0.717, 1.165) is 43.4 Å². The number of carbonyl (C=O) groups excluding carboxylic acids is 1. The molecule has 2 aliphatic heterocycles. The summed E-state index contributed by atoms with van der Waals surface area (Å²) in [6, 6.07) is 7.47. The van der Waals surface area contributed by atoms with E-state index in [-0.39, 0.29) is 31.2 Å². The van der Waals surface area contributed by atoms with Crippen LogP contribution in [0.1, 0.15) is 56.2 Å². The number of aryl methyl sites for hydroxylation is 2. The van der Waals surface area contributed by atoms with Crippen molar-refractivity contribution in [2.24, 2.45) is 18.7 Å². The number of hydrogen-bond donors (Lipinski definition) is 2. The quantitative estimate of drug-likeness (QED) is 0.321. The summed E-state index contributed by atoms with van der Waals surface area (Å²) < 4.78 is 18.8. The van der Waals surface area contributed by atoms with Crippen molar-refractivity contribution in [2.45, 2.75) is 57.4 Å². The largest absolute Gasteiger partial charge is 0.493 e. The SMILES string of the molecule is CCCCN(CCCCN)C(=O)CN1CC(c2cc(OC)c3c(c2)OCO3)C(C(=O)O)C1CCc1cccn1C. The summed E-state index contributed by atoms with van der Waals surface area (Å²) in [5, 5.41) is 10.5. The van der Waals surface area contributed by atoms with E-state index in [9.17, 15) is 14.7 Å². The number of aliphatic carboxylic acids is 1. The number of unbranched alkanes of at least 4 members (excludes halogenated alkanes) is 2. The second-order valence-corrected chi connectivity index (χ2v) is 10.8. The molecule has 0 aliphatic carbocycles. The monoisotopic (exact) mass is 556 g/mol. The summed E-state index contributed by atoms with van der Waals surface area (Å²) in [5.41, 5.74) is 7.65. The van der Waals surface area contributed by atoms with Crippen LogP contribution in [0.2, 0.25) is 0 Å². The number of rotatable bonds is 15. The standard InChI is InChI=1S/C30H44N4O6/c1-4-5-14-33(15-7-6-12-31)27(35)19-34-18-23(21-16-25(38-3)29-26(17-21)39-20-40-29)28(30(36)37)24(34)11-10-22-9-8-13-32(22)2/h8-9,13,16-17,23-24,28H,4-7,10-12,14-15,18-20,31H2,1-3H3,(H,36,37). The fourth-order valence-electron chi connectivity index (χ4n) is 6.04. The first-order valence-electron chi connectivity index (χ1n) is 14.4. The van der Waals surface area contributed by atoms with Gasteiger partial charge >= 0.3 is 5.97 Å². The molecule has 3 unspecified atom stereocenters. The fourth-order valence-corrected chi connectivity index (χ4v) is 6.04. The maximum atomic E-state index is 13.7. The van der Waals surface area contributed by atoms with E-state index in [4.69, 9.17) is 19.9 Å². The summed E-state index contributed by atoms with van der Waals surface area (Å²) in [6.45, 7) is 4.82. The molecule has 4 rings (SSSR count). The summed E-state index contributed by atoms with van der Waals surface area (Å²) in [4.78, 5) is 30.5. The van der Waals surface area contributed by atoms with Crippen molar-refractivity contribution in [3.8, 4) is 17.2 Å². The van der Waals surface area contributed by atoms with E-state index in [0.29, 0.717) is 49.8 Å². The molecule has 1 aromatic heterocycles. The van der Waals surface area contributed by atoms with Gasteiger partial charge in [-0.05, 0) is 68.5 Å². The highest BCUT2D eigenvalue weighted by Gasteiger charge is 2.47. The normalized spacial score (nSPS) is 20.1. The molecule has 220 valence electrons. The van der Waals surface area contributed by atoms with Gasteiger partial charge in [-0.2, -0.15) is 0 Å². The molecule has 0 spiro atoms. The molecule has 40 heavy (non-hydrogen) atoms. The number of amides is 1. The molecule has 3 heterocycles. The molecule has 1 aromatic carbocycles. The number of carbonyl (C=O) groups is 2. The van der Waals surface area contributed by atoms with Gasteiger partial charge in [0, 0.05) is 50.5 Å². The molecular formula is C30H44N4O6. The maximum absolute atomic E-state index is 13.7. The first-order valence-corrected chi connectivity index (χ1v) is 14.4. The molecule has 1 amide bonds. The van der Waals surface area contributed by atoms with Gasteiger partial charge in [0.05, 0.1) is 19.6 Å². The zero-order chi connectivity index (χ0) is 28.6. The van der Waals surface area contributed by atoms with Crippen molar-refractivity contribution in [1.82, 2.24) is 14.4 Å². The van der Waals surface area contributed by atoms with Crippen LogP contribution in [0.15, 0.2) is 30.5 Å². The number of nitrogens with zero attached hydrogens (tertiary/aromatic N) is 3. The molecule has 1 saturated heterocycles. The molecular weight excluding hydrogens is 512 g/mol. The van der Waals surface area contributed by atoms with Gasteiger partial charge in [-0.15, -0.1) is 0 Å². The third-order valence-corrected chi connectivity index (χ3v) is 8.24. The number of carboxylic acids is 1. The first-order chi connectivity index (χ1) is 19.4. The van der Waals surface area contributed by atoms with Crippen molar-refractivity contribution in [3.63, 3.8) is 0 Å². The zero-order valence-electron chi connectivity index (χ0n) is 24.0. The summed E-state index contributed by atoms with van der Waals surface area (Å²) in [5.74, 6) is -0.240. The van der Waals surface area contributed by atoms with E-state index in [1.165, 1.54) is 0 Å². The van der Waals surface area contributed by atoms with Gasteiger partial charge in [-0.3, -0.25) is 14.5 Å². The van der Waals surface area contributed by atoms with Crippen LogP contribution < -0.4 is 19.9 Å². The Hall–Kier alpha value is -3.24. The highest BCUT2D eigenvalue weighted by atomic mass is 16.7. The summed E-state index contributed by atoms with van der Waals surface area (Å²) in [6.07, 6.45) is 7.00. The molecule has 0 saturated carbocycles. The molecule has 0 bridgehead atoms. The lowest BCUT2D eigenvalue weighted by Crippen LogP contribution is -2.45. The van der Waals surface area contributed by atoms with Crippen LogP contribution in [-0.2, 0) is 23.1 Å². The number of aromatic nitrogens is 1. The smallest absolute Gasteiger partial charge is 0.308 e. The average Bonchev–Trinajstić information content (AvgIpc) is 3.67. The van der Waals surface area contributed by atoms with Gasteiger partial charge < -0.3 is 34.5 Å². The minimum atomic E-state index is -0.862. The predicted octanol–water partition coefficient (Wildman–Crippen LogP) is 3.23. The molecule has 2 aliphatic rings. The molecule has 1 fully saturated rings. The highest BCUT2D eigenvalue weighted by Crippen LogP contribution is 2.47. The van der Waals surface area contributed by atoms with Crippen molar-refractivity contribution >= 4 is 11.9 Å². The number of methoxy groups -OCH3 is 1. The summed E-state index contributed by atoms with van der Waals surface area (Å²) in [7, 11) is 3.56. The number of hydrogen-bond acceptors (Lipinski definition) is 7. The Labute approximate surface area is 237 Å². The van der Waals surface area contributed by atoms with Crippen LogP contribution in [0, 0.1) is 5.92 Å². The third kappa shape index (κ3) is 6.72. The van der Waals surface area contributed by atoms with Gasteiger partial charge in [0.2, 0.25) is 18.4 Å². The minimum absolute atomic E-state index is 0.0439. The second kappa shape index (κ2) is 13.9. The van der Waals surface area contributed by atoms with Crippen LogP contribution in [0.5, 0.6) is 17.2 Å². The fraction of sp³-hybridized carbons (Fsp3) is 0.600. The van der Waals surface area contributed by atoms with Crippen LogP contribution in [0.25, 0.3) is 0 Å². The Morgan fingerprint density at radius 1 is 1.20 bits per heavy atom. The maximum Gasteiger partial charge on any atom is 0.308 e. The average molecular weight is 557 g/mol. The second-order valence-electron chi connectivity index (χ2n) is 10.8. The van der Waals surface area contributed by atoms with Gasteiger partial charge in [0.1, 0.15) is 0 Å². The third-order valence-electron chi connectivity index (χ3n) is 8.24. The van der Waals surface area contributed by atoms with Crippen LogP contribution in [-0.4, -0.2) is 84.0 Å². The van der Waals surface area contributed by atoms with Crippen molar-refractivity contribution in [2.75, 3.05) is 46.6 Å². The Morgan fingerprint density at radius 3 is 2.67 bits per heavy atom. The topological polar surface area (TPSA) is 119 Å². The Bertz CT molecular complexity index is 1150. The Morgan fingerprint density at radius 2 is 2.00 bits per heavy atom. The number of carboxylic acid groups (broad SMARTS) is 1. The lowest BCUT2D eigenvalue weighted by atomic mass is 9.83. The molecule has 10 nitrogen and oxygen atoms in total. The highest BCUT2D eigenvalue weighted by molar-refractivity contribution is 5.79. The Balaban J connectivity index is 1.62. The zero-order valence-corrected chi connectivity index (χ0v) is 24.0. The number of nitrogens with two attached hydrogens (primary N) is 1. The molecule has 0 radical (unpaired) electrons. The summed E-state index contributed by atoms with van der Waals surface area (Å²) >= 11 is 0. The van der Waals surface area contributed by atoms with E-state index >= 15 is 0 Å². The van der Waals surface area contributed by atoms with Crippen LogP contribution >= 0.6 is 0 Å². The van der Waals surface area contributed by atoms with Crippen molar-refractivity contribution in [3.05, 3.63) is 41.7 Å². The van der Waals surface area contributed by atoms with Crippen LogP contribution in [0.4, 0.5) is 0 Å². The lowest BCUT2D eigenvalue weighted by molar-refractivity contribution is -0.143. The first kappa shape index (κ1) is 29.7. The number of ether oxygens (including phenoxy) is 3. The lowest BCUT2D eigenvalue weighted by Gasteiger charge is -2.30. The number of benzene rings is 1. The number of likely N-dealkylation sites (tertiary alicyclic amines) is 1. The number of fused-ring (bicyclic) bond motifs is 1. The van der Waals surface area contributed by atoms with Gasteiger partial charge in [0.15, 0.2) is 11.5 Å². The van der Waals surface area contributed by atoms with Crippen molar-refractivity contribution in [1.29, 1.82) is 0 Å². The van der Waals surface area contributed by atoms with Crippen LogP contribution in [0.3, 0.4) is 0 Å². The molecule has 2 aromatic rings. The van der Waals surface area contributed by atoms with E-state index in [1.54, 1.807) is 7.11 Å². The molecule has 3 N–H and O–H groups in total. The minimum Gasteiger partial charge on any atom is -0.493 e. The van der Waals surface area contributed by atoms with Gasteiger partial charge in [-0.1, -0.05) is 13.3 Å². The predicted molar refractivity (Wildman–Crippen MR) is 152 cm³/mol.